The van der Waals surface area contributed by atoms with Gasteiger partial charge in [0.05, 0.1) is 16.9 Å². The molecule has 1 aromatic carbocycles. The topological polar surface area (TPSA) is 86.1 Å². The highest BCUT2D eigenvalue weighted by atomic mass is 79.9. The number of halogens is 1. The molecule has 0 radical (unpaired) electrons. The molecule has 0 saturated carbocycles. The highest BCUT2D eigenvalue weighted by Gasteiger charge is 2.13. The lowest BCUT2D eigenvalue weighted by Gasteiger charge is -2.08. The monoisotopic (exact) mass is 428 g/mol. The number of nitrogens with zero attached hydrogens (tertiary/aromatic N) is 3. The van der Waals surface area contributed by atoms with E-state index >= 15 is 0 Å². The number of carbonyl (C=O) groups is 2. The molecule has 138 valence electrons. The number of carbonyl (C=O) groups excluding carboxylic acids is 2. The molecule has 2 heterocycles. The second-order valence-corrected chi connectivity index (χ2v) is 6.70. The van der Waals surface area contributed by atoms with Crippen molar-refractivity contribution >= 4 is 33.5 Å². The fraction of sp³-hybridized carbons (Fsp3) is 0.158. The molecule has 0 atom stereocenters. The molecule has 2 aromatic heterocycles. The molecule has 0 aliphatic carbocycles. The van der Waals surface area contributed by atoms with Crippen molar-refractivity contribution in [3.8, 4) is 5.82 Å². The predicted octanol–water partition coefficient (Wildman–Crippen LogP) is 3.44. The van der Waals surface area contributed by atoms with Crippen molar-refractivity contribution in [3.05, 3.63) is 70.1 Å². The number of hydrogen-bond acceptors (Lipinski definition) is 5. The summed E-state index contributed by atoms with van der Waals surface area (Å²) < 4.78 is 7.48. The van der Waals surface area contributed by atoms with E-state index in [0.29, 0.717) is 11.5 Å². The lowest BCUT2D eigenvalue weighted by Crippen LogP contribution is -2.21. The van der Waals surface area contributed by atoms with Crippen LogP contribution in [-0.2, 0) is 9.53 Å². The zero-order valence-corrected chi connectivity index (χ0v) is 16.4. The number of anilines is 1. The van der Waals surface area contributed by atoms with Crippen LogP contribution in [-0.4, -0.2) is 33.2 Å². The Bertz CT molecular complexity index is 983. The second kappa shape index (κ2) is 8.13. The van der Waals surface area contributed by atoms with Crippen LogP contribution in [0.2, 0.25) is 0 Å². The molecule has 0 bridgehead atoms. The van der Waals surface area contributed by atoms with Crippen LogP contribution in [0.25, 0.3) is 5.82 Å². The van der Waals surface area contributed by atoms with Crippen molar-refractivity contribution in [2.24, 2.45) is 0 Å². The van der Waals surface area contributed by atoms with Gasteiger partial charge in [0.25, 0.3) is 5.91 Å². The molecule has 7 nitrogen and oxygen atoms in total. The zero-order valence-electron chi connectivity index (χ0n) is 14.8. The van der Waals surface area contributed by atoms with Gasteiger partial charge >= 0.3 is 5.97 Å². The van der Waals surface area contributed by atoms with Crippen LogP contribution in [0.4, 0.5) is 5.69 Å². The smallest absolute Gasteiger partial charge is 0.340 e. The van der Waals surface area contributed by atoms with Crippen LogP contribution >= 0.6 is 15.9 Å². The SMILES string of the molecule is Cc1cc(C)n(-c2ccc(C(=O)OCC(=O)Nc3ccccc3Br)cn2)n1. The molecule has 3 rings (SSSR count). The Labute approximate surface area is 164 Å². The highest BCUT2D eigenvalue weighted by molar-refractivity contribution is 9.10. The first-order chi connectivity index (χ1) is 12.9. The molecule has 0 fully saturated rings. The van der Waals surface area contributed by atoms with Gasteiger partial charge < -0.3 is 10.1 Å². The summed E-state index contributed by atoms with van der Waals surface area (Å²) in [7, 11) is 0. The third-order valence-corrected chi connectivity index (χ3v) is 4.38. The summed E-state index contributed by atoms with van der Waals surface area (Å²) in [5.74, 6) is -0.448. The van der Waals surface area contributed by atoms with E-state index in [-0.39, 0.29) is 12.2 Å². The number of para-hydroxylation sites is 1. The van der Waals surface area contributed by atoms with Crippen molar-refractivity contribution in [2.75, 3.05) is 11.9 Å². The maximum Gasteiger partial charge on any atom is 0.340 e. The van der Waals surface area contributed by atoms with Gasteiger partial charge in [-0.3, -0.25) is 4.79 Å². The molecule has 27 heavy (non-hydrogen) atoms. The van der Waals surface area contributed by atoms with Gasteiger partial charge in [0.2, 0.25) is 0 Å². The van der Waals surface area contributed by atoms with Gasteiger partial charge in [-0.15, -0.1) is 0 Å². The van der Waals surface area contributed by atoms with Gasteiger partial charge in [0, 0.05) is 16.4 Å². The van der Waals surface area contributed by atoms with Crippen LogP contribution < -0.4 is 5.32 Å². The average Bonchev–Trinajstić information content (AvgIpc) is 3.00. The molecule has 0 aliphatic heterocycles. The summed E-state index contributed by atoms with van der Waals surface area (Å²) in [5.41, 5.74) is 2.69. The van der Waals surface area contributed by atoms with Gasteiger partial charge in [0.1, 0.15) is 0 Å². The minimum atomic E-state index is -0.621. The zero-order chi connectivity index (χ0) is 19.4. The standard InChI is InChI=1S/C19H17BrN4O3/c1-12-9-13(2)24(23-12)17-8-7-14(10-21-17)19(26)27-11-18(25)22-16-6-4-3-5-15(16)20/h3-10H,11H2,1-2H3,(H,22,25). The largest absolute Gasteiger partial charge is 0.452 e. The predicted molar refractivity (Wildman–Crippen MR) is 104 cm³/mol. The van der Waals surface area contributed by atoms with Crippen LogP contribution in [0.3, 0.4) is 0 Å². The Morgan fingerprint density at radius 3 is 2.59 bits per heavy atom. The quantitative estimate of drug-likeness (QED) is 0.628. The number of hydrogen-bond donors (Lipinski definition) is 1. The van der Waals surface area contributed by atoms with E-state index in [1.54, 1.807) is 35.0 Å². The summed E-state index contributed by atoms with van der Waals surface area (Å²) in [6.45, 7) is 3.43. The van der Waals surface area contributed by atoms with Crippen molar-refractivity contribution in [1.29, 1.82) is 0 Å². The second-order valence-electron chi connectivity index (χ2n) is 5.85. The lowest BCUT2D eigenvalue weighted by atomic mass is 10.3. The molecular formula is C19H17BrN4O3. The van der Waals surface area contributed by atoms with E-state index in [0.717, 1.165) is 15.9 Å². The summed E-state index contributed by atoms with van der Waals surface area (Å²) in [4.78, 5) is 28.3. The highest BCUT2D eigenvalue weighted by Crippen LogP contribution is 2.21. The first-order valence-electron chi connectivity index (χ1n) is 8.15. The van der Waals surface area contributed by atoms with Gasteiger partial charge in [-0.05, 0) is 60.1 Å². The lowest BCUT2D eigenvalue weighted by molar-refractivity contribution is -0.119. The van der Waals surface area contributed by atoms with E-state index in [1.165, 1.54) is 6.20 Å². The summed E-state index contributed by atoms with van der Waals surface area (Å²) in [6, 6.07) is 12.4. The Morgan fingerprint density at radius 1 is 1.19 bits per heavy atom. The van der Waals surface area contributed by atoms with E-state index < -0.39 is 11.9 Å². The number of amides is 1. The third kappa shape index (κ3) is 4.59. The first-order valence-corrected chi connectivity index (χ1v) is 8.94. The number of benzene rings is 1. The van der Waals surface area contributed by atoms with Gasteiger partial charge in [-0.2, -0.15) is 5.10 Å². The summed E-state index contributed by atoms with van der Waals surface area (Å²) >= 11 is 3.34. The first kappa shape index (κ1) is 18.8. The number of aromatic nitrogens is 3. The van der Waals surface area contributed by atoms with Gasteiger partial charge in [-0.1, -0.05) is 12.1 Å². The Balaban J connectivity index is 1.59. The molecule has 1 N–H and O–H groups in total. The van der Waals surface area contributed by atoms with E-state index in [2.05, 4.69) is 31.3 Å². The number of rotatable bonds is 5. The number of aryl methyl sites for hydroxylation is 2. The molecule has 8 heteroatoms. The number of esters is 1. The normalized spacial score (nSPS) is 10.5. The van der Waals surface area contributed by atoms with Gasteiger partial charge in [-0.25, -0.2) is 14.5 Å². The molecule has 3 aromatic rings. The van der Waals surface area contributed by atoms with E-state index in [9.17, 15) is 9.59 Å². The Hall–Kier alpha value is -3.00. The molecular weight excluding hydrogens is 412 g/mol. The third-order valence-electron chi connectivity index (χ3n) is 3.69. The van der Waals surface area contributed by atoms with E-state index in [1.807, 2.05) is 26.0 Å². The number of nitrogens with one attached hydrogen (secondary N) is 1. The Kier molecular flexibility index (Phi) is 5.66. The Morgan fingerprint density at radius 2 is 1.96 bits per heavy atom. The molecule has 0 unspecified atom stereocenters. The summed E-state index contributed by atoms with van der Waals surface area (Å²) in [5, 5.41) is 7.01. The minimum absolute atomic E-state index is 0.258. The summed E-state index contributed by atoms with van der Waals surface area (Å²) in [6.07, 6.45) is 1.40. The van der Waals surface area contributed by atoms with Crippen LogP contribution in [0, 0.1) is 13.8 Å². The fourth-order valence-electron chi connectivity index (χ4n) is 2.46. The van der Waals surface area contributed by atoms with Crippen molar-refractivity contribution in [3.63, 3.8) is 0 Å². The van der Waals surface area contributed by atoms with Gasteiger partial charge in [0.15, 0.2) is 12.4 Å². The van der Waals surface area contributed by atoms with E-state index in [4.69, 9.17) is 4.74 Å². The van der Waals surface area contributed by atoms with Crippen molar-refractivity contribution < 1.29 is 14.3 Å². The van der Waals surface area contributed by atoms with Crippen molar-refractivity contribution in [1.82, 2.24) is 14.8 Å². The maximum absolute atomic E-state index is 12.1. The number of pyridine rings is 1. The molecule has 0 aliphatic rings. The molecule has 1 amide bonds. The maximum atomic E-state index is 12.1. The van der Waals surface area contributed by atoms with Crippen molar-refractivity contribution in [2.45, 2.75) is 13.8 Å². The molecule has 0 saturated heterocycles. The minimum Gasteiger partial charge on any atom is -0.452 e. The van der Waals surface area contributed by atoms with Crippen LogP contribution in [0.1, 0.15) is 21.7 Å². The molecule has 0 spiro atoms. The van der Waals surface area contributed by atoms with Crippen LogP contribution in [0.15, 0.2) is 53.1 Å². The fourth-order valence-corrected chi connectivity index (χ4v) is 2.84. The average molecular weight is 429 g/mol. The van der Waals surface area contributed by atoms with Crippen LogP contribution in [0.5, 0.6) is 0 Å². The number of ether oxygens (including phenoxy) is 1.